The number of halogens is 2. The molecule has 0 heterocycles. The fraction of sp³-hybridized carbons (Fsp3) is 0.300. The smallest absolute Gasteiger partial charge is 0.404 e. The lowest BCUT2D eigenvalue weighted by molar-refractivity contribution is 0.126. The van der Waals surface area contributed by atoms with Gasteiger partial charge in [0.05, 0.1) is 12.1 Å². The number of amides is 1. The quantitative estimate of drug-likeness (QED) is 0.740. The minimum atomic E-state index is -1.32. The molecule has 88 valence electrons. The van der Waals surface area contributed by atoms with Crippen molar-refractivity contribution in [1.29, 1.82) is 0 Å². The summed E-state index contributed by atoms with van der Waals surface area (Å²) >= 11 is 0. The highest BCUT2D eigenvalue weighted by molar-refractivity contribution is 5.64. The third-order valence-electron chi connectivity index (χ3n) is 2.05. The van der Waals surface area contributed by atoms with Crippen molar-refractivity contribution in [3.8, 4) is 0 Å². The second-order valence-corrected chi connectivity index (χ2v) is 3.39. The van der Waals surface area contributed by atoms with Crippen LogP contribution in [0.1, 0.15) is 18.6 Å². The summed E-state index contributed by atoms with van der Waals surface area (Å²) in [6, 6.07) is 1.71. The topological polar surface area (TPSA) is 69.6 Å². The molecule has 16 heavy (non-hydrogen) atoms. The molecule has 6 heteroatoms. The van der Waals surface area contributed by atoms with Crippen molar-refractivity contribution in [3.05, 3.63) is 35.4 Å². The second-order valence-electron chi connectivity index (χ2n) is 3.39. The van der Waals surface area contributed by atoms with Crippen molar-refractivity contribution in [2.75, 3.05) is 0 Å². The number of rotatable bonds is 3. The zero-order valence-electron chi connectivity index (χ0n) is 8.45. The van der Waals surface area contributed by atoms with Gasteiger partial charge in [0.1, 0.15) is 11.6 Å². The van der Waals surface area contributed by atoms with Gasteiger partial charge in [0.15, 0.2) is 0 Å². The van der Waals surface area contributed by atoms with Gasteiger partial charge in [0.25, 0.3) is 0 Å². The lowest BCUT2D eigenvalue weighted by Gasteiger charge is -2.19. The Labute approximate surface area is 90.5 Å². The molecule has 0 unspecified atom stereocenters. The van der Waals surface area contributed by atoms with Crippen molar-refractivity contribution in [3.63, 3.8) is 0 Å². The van der Waals surface area contributed by atoms with E-state index in [1.54, 1.807) is 0 Å². The van der Waals surface area contributed by atoms with Crippen LogP contribution in [0, 0.1) is 11.6 Å². The van der Waals surface area contributed by atoms with Crippen LogP contribution in [-0.4, -0.2) is 22.3 Å². The van der Waals surface area contributed by atoms with Crippen molar-refractivity contribution in [1.82, 2.24) is 5.32 Å². The lowest BCUT2D eigenvalue weighted by Crippen LogP contribution is -2.36. The van der Waals surface area contributed by atoms with Gasteiger partial charge < -0.3 is 15.5 Å². The fourth-order valence-corrected chi connectivity index (χ4v) is 1.31. The molecule has 0 saturated carbocycles. The van der Waals surface area contributed by atoms with Gasteiger partial charge in [-0.2, -0.15) is 0 Å². The molecule has 0 aliphatic rings. The summed E-state index contributed by atoms with van der Waals surface area (Å²) in [5.41, 5.74) is -0.0150. The van der Waals surface area contributed by atoms with Crippen molar-refractivity contribution in [2.45, 2.75) is 19.1 Å². The van der Waals surface area contributed by atoms with Gasteiger partial charge >= 0.3 is 6.09 Å². The Kier molecular flexibility index (Phi) is 3.78. The maximum atomic E-state index is 12.8. The summed E-state index contributed by atoms with van der Waals surface area (Å²) in [6.45, 7) is 1.39. The average molecular weight is 231 g/mol. The van der Waals surface area contributed by atoms with Crippen molar-refractivity contribution >= 4 is 6.09 Å². The van der Waals surface area contributed by atoms with Gasteiger partial charge in [0, 0.05) is 6.07 Å². The van der Waals surface area contributed by atoms with Crippen LogP contribution in [0.2, 0.25) is 0 Å². The molecule has 1 aromatic rings. The third-order valence-corrected chi connectivity index (χ3v) is 2.05. The number of hydrogen-bond donors (Lipinski definition) is 3. The maximum absolute atomic E-state index is 12.8. The molecular formula is C10H11F2NO3. The van der Waals surface area contributed by atoms with E-state index in [2.05, 4.69) is 0 Å². The van der Waals surface area contributed by atoms with E-state index < -0.39 is 29.9 Å². The molecule has 0 fully saturated rings. The Hall–Kier alpha value is -1.69. The van der Waals surface area contributed by atoms with E-state index >= 15 is 0 Å². The van der Waals surface area contributed by atoms with E-state index in [9.17, 15) is 18.7 Å². The third kappa shape index (κ3) is 3.16. The van der Waals surface area contributed by atoms with Gasteiger partial charge in [-0.25, -0.2) is 13.6 Å². The SMILES string of the molecule is C[C@H](NC(=O)O)[C@H](O)c1cc(F)cc(F)c1. The average Bonchev–Trinajstić information content (AvgIpc) is 2.13. The number of benzene rings is 1. The van der Waals surface area contributed by atoms with Gasteiger partial charge in [-0.3, -0.25) is 0 Å². The summed E-state index contributed by atoms with van der Waals surface area (Å²) < 4.78 is 25.7. The normalized spacial score (nSPS) is 14.2. The molecule has 0 spiro atoms. The summed E-state index contributed by atoms with van der Waals surface area (Å²) in [5.74, 6) is -1.65. The number of carboxylic acid groups (broad SMARTS) is 1. The van der Waals surface area contributed by atoms with Crippen LogP contribution in [0.5, 0.6) is 0 Å². The van der Waals surface area contributed by atoms with Gasteiger partial charge in [-0.05, 0) is 24.6 Å². The molecule has 3 N–H and O–H groups in total. The predicted octanol–water partition coefficient (Wildman–Crippen LogP) is 1.65. The minimum Gasteiger partial charge on any atom is -0.465 e. The van der Waals surface area contributed by atoms with E-state index in [0.717, 1.165) is 12.1 Å². The first-order valence-electron chi connectivity index (χ1n) is 4.53. The van der Waals surface area contributed by atoms with Gasteiger partial charge in [-0.1, -0.05) is 0 Å². The fourth-order valence-electron chi connectivity index (χ4n) is 1.31. The highest BCUT2D eigenvalue weighted by Gasteiger charge is 2.19. The number of aliphatic hydroxyl groups excluding tert-OH is 1. The number of aliphatic hydroxyl groups is 1. The van der Waals surface area contributed by atoms with Crippen LogP contribution in [0.15, 0.2) is 18.2 Å². The summed E-state index contributed by atoms with van der Waals surface area (Å²) in [4.78, 5) is 10.3. The Morgan fingerprint density at radius 2 is 1.81 bits per heavy atom. The largest absolute Gasteiger partial charge is 0.465 e. The molecule has 0 aromatic heterocycles. The Morgan fingerprint density at radius 1 is 1.31 bits per heavy atom. The van der Waals surface area contributed by atoms with Gasteiger partial charge in [0.2, 0.25) is 0 Å². The van der Waals surface area contributed by atoms with Crippen LogP contribution in [0.4, 0.5) is 13.6 Å². The molecule has 0 radical (unpaired) electrons. The van der Waals surface area contributed by atoms with Gasteiger partial charge in [-0.15, -0.1) is 0 Å². The second kappa shape index (κ2) is 4.89. The summed E-state index contributed by atoms with van der Waals surface area (Å²) in [5, 5.41) is 20.0. The van der Waals surface area contributed by atoms with Crippen LogP contribution in [0.25, 0.3) is 0 Å². The number of nitrogens with one attached hydrogen (secondary N) is 1. The molecule has 0 aliphatic carbocycles. The first kappa shape index (κ1) is 12.4. The highest BCUT2D eigenvalue weighted by atomic mass is 19.1. The molecule has 1 amide bonds. The zero-order valence-corrected chi connectivity index (χ0v) is 8.45. The molecule has 1 aromatic carbocycles. The predicted molar refractivity (Wildman–Crippen MR) is 51.9 cm³/mol. The van der Waals surface area contributed by atoms with Crippen molar-refractivity contribution in [2.24, 2.45) is 0 Å². The first-order chi connectivity index (χ1) is 7.40. The Bertz CT molecular complexity index is 377. The Balaban J connectivity index is 2.86. The lowest BCUT2D eigenvalue weighted by atomic mass is 10.0. The van der Waals surface area contributed by atoms with Crippen LogP contribution in [0.3, 0.4) is 0 Å². The van der Waals surface area contributed by atoms with E-state index in [4.69, 9.17) is 5.11 Å². The highest BCUT2D eigenvalue weighted by Crippen LogP contribution is 2.19. The number of carbonyl (C=O) groups is 1. The first-order valence-corrected chi connectivity index (χ1v) is 4.53. The van der Waals surface area contributed by atoms with E-state index in [-0.39, 0.29) is 5.56 Å². The summed E-state index contributed by atoms with van der Waals surface area (Å²) in [6.07, 6.45) is -2.62. The monoisotopic (exact) mass is 231 g/mol. The molecule has 0 aliphatic heterocycles. The van der Waals surface area contributed by atoms with E-state index in [1.165, 1.54) is 6.92 Å². The molecule has 0 saturated heterocycles. The van der Waals surface area contributed by atoms with Crippen LogP contribution >= 0.6 is 0 Å². The zero-order chi connectivity index (χ0) is 12.3. The Morgan fingerprint density at radius 3 is 2.25 bits per heavy atom. The minimum absolute atomic E-state index is 0.0150. The molecule has 1 rings (SSSR count). The maximum Gasteiger partial charge on any atom is 0.404 e. The summed E-state index contributed by atoms with van der Waals surface area (Å²) in [7, 11) is 0. The molecule has 0 bridgehead atoms. The molecular weight excluding hydrogens is 220 g/mol. The molecule has 4 nitrogen and oxygen atoms in total. The standard InChI is InChI=1S/C10H11F2NO3/c1-5(13-10(15)16)9(14)6-2-7(11)4-8(12)3-6/h2-5,9,13-14H,1H3,(H,15,16)/t5-,9-/m0/s1. The van der Waals surface area contributed by atoms with E-state index in [1.807, 2.05) is 5.32 Å². The van der Waals surface area contributed by atoms with Crippen molar-refractivity contribution < 1.29 is 23.8 Å². The van der Waals surface area contributed by atoms with Crippen LogP contribution in [-0.2, 0) is 0 Å². The van der Waals surface area contributed by atoms with Crippen LogP contribution < -0.4 is 5.32 Å². The van der Waals surface area contributed by atoms with E-state index in [0.29, 0.717) is 6.07 Å². The number of hydrogen-bond acceptors (Lipinski definition) is 2. The molecule has 2 atom stereocenters.